The van der Waals surface area contributed by atoms with Crippen LogP contribution in [0.1, 0.15) is 27.3 Å². The molecule has 2 aromatic carbocycles. The summed E-state index contributed by atoms with van der Waals surface area (Å²) in [6.07, 6.45) is 0. The van der Waals surface area contributed by atoms with Gasteiger partial charge in [-0.3, -0.25) is 10.1 Å². The van der Waals surface area contributed by atoms with Crippen molar-refractivity contribution < 1.29 is 9.18 Å². The Bertz CT molecular complexity index is 1170. The van der Waals surface area contributed by atoms with Crippen LogP contribution in [-0.4, -0.2) is 25.9 Å². The van der Waals surface area contributed by atoms with Crippen molar-refractivity contribution in [3.8, 4) is 5.69 Å². The third kappa shape index (κ3) is 4.42. The highest BCUT2D eigenvalue weighted by Crippen LogP contribution is 2.29. The van der Waals surface area contributed by atoms with Crippen LogP contribution in [0.2, 0.25) is 0 Å². The predicted octanol–water partition coefficient (Wildman–Crippen LogP) is 5.02. The molecule has 0 saturated carbocycles. The number of aromatic nitrogens is 4. The van der Waals surface area contributed by atoms with Gasteiger partial charge in [-0.2, -0.15) is 5.10 Å². The van der Waals surface area contributed by atoms with E-state index in [1.807, 2.05) is 18.2 Å². The average molecular weight is 440 g/mol. The molecule has 2 heterocycles. The number of anilines is 1. The summed E-state index contributed by atoms with van der Waals surface area (Å²) in [4.78, 5) is 12.9. The number of thioether (sulfide) groups is 1. The van der Waals surface area contributed by atoms with Crippen LogP contribution in [0.5, 0.6) is 0 Å². The van der Waals surface area contributed by atoms with Crippen LogP contribution < -0.4 is 5.32 Å². The molecule has 0 saturated heterocycles. The van der Waals surface area contributed by atoms with E-state index in [0.29, 0.717) is 27.8 Å². The Morgan fingerprint density at radius 3 is 2.57 bits per heavy atom. The molecule has 9 heteroatoms. The fourth-order valence-electron chi connectivity index (χ4n) is 3.00. The summed E-state index contributed by atoms with van der Waals surface area (Å²) < 4.78 is 15.6. The largest absolute Gasteiger partial charge is 0.296 e. The van der Waals surface area contributed by atoms with E-state index in [-0.39, 0.29) is 11.7 Å². The molecule has 152 valence electrons. The summed E-state index contributed by atoms with van der Waals surface area (Å²) in [5.74, 6) is 0.163. The monoisotopic (exact) mass is 439 g/mol. The summed E-state index contributed by atoms with van der Waals surface area (Å²) in [7, 11) is 0. The molecule has 0 fully saturated rings. The quantitative estimate of drug-likeness (QED) is 0.337. The Morgan fingerprint density at radius 1 is 1.10 bits per heavy atom. The third-order valence-corrected chi connectivity index (χ3v) is 6.46. The van der Waals surface area contributed by atoms with E-state index in [0.717, 1.165) is 10.1 Å². The van der Waals surface area contributed by atoms with Crippen molar-refractivity contribution in [1.82, 2.24) is 20.0 Å². The minimum atomic E-state index is -0.324. The number of carbonyl (C=O) groups excluding carboxylic acids is 1. The number of benzene rings is 2. The first-order valence-corrected chi connectivity index (χ1v) is 10.9. The summed E-state index contributed by atoms with van der Waals surface area (Å²) in [5, 5.41) is 15.9. The van der Waals surface area contributed by atoms with Crippen molar-refractivity contribution in [3.63, 3.8) is 0 Å². The first-order valence-electron chi connectivity index (χ1n) is 9.15. The average Bonchev–Trinajstić information content (AvgIpc) is 3.31. The number of hydrogen-bond acceptors (Lipinski definition) is 6. The van der Waals surface area contributed by atoms with Gasteiger partial charge in [-0.1, -0.05) is 53.4 Å². The highest BCUT2D eigenvalue weighted by Gasteiger charge is 2.21. The zero-order valence-electron chi connectivity index (χ0n) is 16.3. The lowest BCUT2D eigenvalue weighted by Gasteiger charge is -2.05. The van der Waals surface area contributed by atoms with Crippen LogP contribution in [0, 0.1) is 19.7 Å². The van der Waals surface area contributed by atoms with Crippen molar-refractivity contribution in [3.05, 3.63) is 82.9 Å². The Morgan fingerprint density at radius 2 is 1.83 bits per heavy atom. The smallest absolute Gasteiger partial charge is 0.261 e. The van der Waals surface area contributed by atoms with Gasteiger partial charge in [-0.25, -0.2) is 9.07 Å². The summed E-state index contributed by atoms with van der Waals surface area (Å²) >= 11 is 2.90. The van der Waals surface area contributed by atoms with Crippen LogP contribution in [0.15, 0.2) is 58.9 Å². The van der Waals surface area contributed by atoms with Crippen molar-refractivity contribution in [2.75, 3.05) is 5.32 Å². The minimum Gasteiger partial charge on any atom is -0.296 e. The van der Waals surface area contributed by atoms with Gasteiger partial charge in [-0.05, 0) is 43.7 Å². The summed E-state index contributed by atoms with van der Waals surface area (Å²) in [6.45, 7) is 3.57. The van der Waals surface area contributed by atoms with Gasteiger partial charge >= 0.3 is 0 Å². The van der Waals surface area contributed by atoms with Gasteiger partial charge in [0.25, 0.3) is 5.91 Å². The molecule has 0 atom stereocenters. The van der Waals surface area contributed by atoms with E-state index >= 15 is 0 Å². The summed E-state index contributed by atoms with van der Waals surface area (Å²) in [6, 6.07) is 16.1. The second kappa shape index (κ2) is 8.76. The molecule has 0 aliphatic heterocycles. The van der Waals surface area contributed by atoms with Crippen molar-refractivity contribution in [2.24, 2.45) is 0 Å². The standard InChI is InChI=1S/C21H18FN5OS2/c1-13-18(14(2)27(26-13)17-10-8-16(22)9-11-17)19(28)23-20-24-25-21(30-20)29-12-15-6-4-3-5-7-15/h3-11H,12H2,1-2H3,(H,23,24,28). The van der Waals surface area contributed by atoms with E-state index in [2.05, 4.69) is 32.7 Å². The molecule has 0 bridgehead atoms. The summed E-state index contributed by atoms with van der Waals surface area (Å²) in [5.41, 5.74) is 3.60. The Kier molecular flexibility index (Phi) is 5.91. The Labute approximate surface area is 181 Å². The lowest BCUT2D eigenvalue weighted by atomic mass is 10.2. The van der Waals surface area contributed by atoms with E-state index in [1.165, 1.54) is 29.0 Å². The molecule has 4 rings (SSSR count). The number of halogens is 1. The number of nitrogens with one attached hydrogen (secondary N) is 1. The second-order valence-corrected chi connectivity index (χ2v) is 8.74. The molecule has 2 aromatic heterocycles. The molecule has 0 spiro atoms. The number of amides is 1. The van der Waals surface area contributed by atoms with Crippen molar-refractivity contribution in [2.45, 2.75) is 23.9 Å². The van der Waals surface area contributed by atoms with Crippen LogP contribution >= 0.6 is 23.1 Å². The molecule has 0 radical (unpaired) electrons. The predicted molar refractivity (Wildman–Crippen MR) is 117 cm³/mol. The molecule has 4 aromatic rings. The van der Waals surface area contributed by atoms with Gasteiger partial charge in [0, 0.05) is 5.75 Å². The SMILES string of the molecule is Cc1nn(-c2ccc(F)cc2)c(C)c1C(=O)Nc1nnc(SCc2ccccc2)s1. The van der Waals surface area contributed by atoms with Crippen LogP contribution in [0.4, 0.5) is 9.52 Å². The molecule has 0 unspecified atom stereocenters. The normalized spacial score (nSPS) is 10.9. The molecular formula is C21H18FN5OS2. The van der Waals surface area contributed by atoms with Crippen molar-refractivity contribution >= 4 is 34.1 Å². The van der Waals surface area contributed by atoms with Crippen LogP contribution in [0.3, 0.4) is 0 Å². The van der Waals surface area contributed by atoms with Gasteiger partial charge in [0.1, 0.15) is 5.82 Å². The molecular weight excluding hydrogens is 421 g/mol. The fourth-order valence-corrected chi connectivity index (χ4v) is 4.71. The highest BCUT2D eigenvalue weighted by molar-refractivity contribution is 8.00. The minimum absolute atomic E-state index is 0.297. The van der Waals surface area contributed by atoms with E-state index in [1.54, 1.807) is 42.4 Å². The van der Waals surface area contributed by atoms with Gasteiger partial charge in [0.2, 0.25) is 5.13 Å². The fraction of sp³-hybridized carbons (Fsp3) is 0.143. The number of carbonyl (C=O) groups is 1. The maximum absolute atomic E-state index is 13.2. The van der Waals surface area contributed by atoms with E-state index < -0.39 is 0 Å². The van der Waals surface area contributed by atoms with Gasteiger partial charge in [0.05, 0.1) is 22.6 Å². The molecule has 6 nitrogen and oxygen atoms in total. The molecule has 1 amide bonds. The number of aryl methyl sites for hydroxylation is 1. The molecule has 1 N–H and O–H groups in total. The first kappa shape index (κ1) is 20.2. The Hall–Kier alpha value is -3.04. The molecule has 0 aliphatic rings. The van der Waals surface area contributed by atoms with Crippen molar-refractivity contribution in [1.29, 1.82) is 0 Å². The second-order valence-electron chi connectivity index (χ2n) is 6.54. The number of rotatable bonds is 6. The van der Waals surface area contributed by atoms with E-state index in [4.69, 9.17) is 0 Å². The molecule has 30 heavy (non-hydrogen) atoms. The highest BCUT2D eigenvalue weighted by atomic mass is 32.2. The number of nitrogens with zero attached hydrogens (tertiary/aromatic N) is 4. The topological polar surface area (TPSA) is 72.7 Å². The molecule has 0 aliphatic carbocycles. The zero-order chi connectivity index (χ0) is 21.1. The maximum Gasteiger partial charge on any atom is 0.261 e. The van der Waals surface area contributed by atoms with Gasteiger partial charge < -0.3 is 0 Å². The van der Waals surface area contributed by atoms with Crippen LogP contribution in [-0.2, 0) is 5.75 Å². The Balaban J connectivity index is 1.47. The van der Waals surface area contributed by atoms with Gasteiger partial charge in [0.15, 0.2) is 4.34 Å². The maximum atomic E-state index is 13.2. The van der Waals surface area contributed by atoms with E-state index in [9.17, 15) is 9.18 Å². The number of hydrogen-bond donors (Lipinski definition) is 1. The van der Waals surface area contributed by atoms with Crippen LogP contribution in [0.25, 0.3) is 5.69 Å². The third-order valence-electron chi connectivity index (χ3n) is 4.42. The van der Waals surface area contributed by atoms with Gasteiger partial charge in [-0.15, -0.1) is 10.2 Å². The lowest BCUT2D eigenvalue weighted by Crippen LogP contribution is -2.14. The zero-order valence-corrected chi connectivity index (χ0v) is 17.9. The first-order chi connectivity index (χ1) is 14.5. The lowest BCUT2D eigenvalue weighted by molar-refractivity contribution is 0.102.